The molecular weight excluding hydrogens is 372 g/mol. The van der Waals surface area contributed by atoms with Crippen molar-refractivity contribution in [3.8, 4) is 0 Å². The van der Waals surface area contributed by atoms with Crippen molar-refractivity contribution in [3.63, 3.8) is 0 Å². The lowest BCUT2D eigenvalue weighted by atomic mass is 9.78. The number of alkyl halides is 3. The second-order valence-corrected chi connectivity index (χ2v) is 7.94. The van der Waals surface area contributed by atoms with Gasteiger partial charge in [-0.3, -0.25) is 0 Å². The average Bonchev–Trinajstić information content (AvgIpc) is 2.68. The molecule has 1 aromatic rings. The molecule has 0 bridgehead atoms. The van der Waals surface area contributed by atoms with Gasteiger partial charge in [-0.05, 0) is 43.6 Å². The highest BCUT2D eigenvalue weighted by Crippen LogP contribution is 2.40. The van der Waals surface area contributed by atoms with Crippen molar-refractivity contribution in [2.45, 2.75) is 63.8 Å². The molecule has 2 fully saturated rings. The first-order valence-electron chi connectivity index (χ1n) is 10.1. The van der Waals surface area contributed by atoms with Crippen molar-refractivity contribution in [1.29, 1.82) is 0 Å². The molecule has 0 aromatic heterocycles. The number of hydrogen-bond donors (Lipinski definition) is 0. The molecule has 2 nitrogen and oxygen atoms in total. The van der Waals surface area contributed by atoms with E-state index < -0.39 is 17.9 Å². The van der Waals surface area contributed by atoms with Crippen molar-refractivity contribution in [2.75, 3.05) is 13.2 Å². The molecule has 28 heavy (non-hydrogen) atoms. The van der Waals surface area contributed by atoms with Crippen molar-refractivity contribution in [2.24, 2.45) is 11.8 Å². The van der Waals surface area contributed by atoms with Crippen LogP contribution in [0.15, 0.2) is 36.2 Å². The molecule has 1 aliphatic heterocycles. The van der Waals surface area contributed by atoms with E-state index in [4.69, 9.17) is 9.47 Å². The van der Waals surface area contributed by atoms with Gasteiger partial charge in [0, 0.05) is 17.4 Å². The Hall–Kier alpha value is -1.40. The highest BCUT2D eigenvalue weighted by atomic mass is 19.4. The summed E-state index contributed by atoms with van der Waals surface area (Å²) >= 11 is 0. The molecule has 1 aromatic carbocycles. The topological polar surface area (TPSA) is 18.5 Å². The molecule has 1 aliphatic carbocycles. The molecule has 0 spiro atoms. The molecular formula is C22H28F4O2. The summed E-state index contributed by atoms with van der Waals surface area (Å²) in [6, 6.07) is 8.06. The smallest absolute Gasteiger partial charge is 0.348 e. The van der Waals surface area contributed by atoms with Crippen LogP contribution in [-0.4, -0.2) is 19.4 Å². The fourth-order valence-corrected chi connectivity index (χ4v) is 4.21. The molecule has 0 amide bonds. The monoisotopic (exact) mass is 400 g/mol. The third-order valence-electron chi connectivity index (χ3n) is 5.76. The van der Waals surface area contributed by atoms with E-state index in [9.17, 15) is 17.6 Å². The highest BCUT2D eigenvalue weighted by molar-refractivity contribution is 5.27. The fourth-order valence-electron chi connectivity index (χ4n) is 4.21. The predicted molar refractivity (Wildman–Crippen MR) is 99.4 cm³/mol. The van der Waals surface area contributed by atoms with Crippen LogP contribution in [0, 0.1) is 11.8 Å². The Morgan fingerprint density at radius 3 is 2.11 bits per heavy atom. The summed E-state index contributed by atoms with van der Waals surface area (Å²) in [5.74, 6) is -0.930. The molecule has 2 aliphatic rings. The third kappa shape index (κ3) is 5.80. The lowest BCUT2D eigenvalue weighted by Crippen LogP contribution is -2.27. The molecule has 156 valence electrons. The summed E-state index contributed by atoms with van der Waals surface area (Å²) in [7, 11) is 0. The van der Waals surface area contributed by atoms with Crippen LogP contribution in [-0.2, 0) is 9.47 Å². The zero-order valence-electron chi connectivity index (χ0n) is 16.2. The first-order chi connectivity index (χ1) is 13.4. The zero-order chi connectivity index (χ0) is 20.1. The highest BCUT2D eigenvalue weighted by Gasteiger charge is 2.31. The summed E-state index contributed by atoms with van der Waals surface area (Å²) in [6.45, 7) is 3.57. The quantitative estimate of drug-likeness (QED) is 0.504. The molecule has 0 unspecified atom stereocenters. The molecule has 3 rings (SSSR count). The largest absolute Gasteiger partial charge is 0.412 e. The van der Waals surface area contributed by atoms with Crippen LogP contribution in [0.25, 0.3) is 0 Å². The third-order valence-corrected chi connectivity index (χ3v) is 5.76. The predicted octanol–water partition coefficient (Wildman–Crippen LogP) is 6.84. The Labute approximate surface area is 163 Å². The standard InChI is InChI=1S/C22H28F4O2/c1-2-3-15-13-27-21(28-14-15)19-10-6-17(7-11-19)16-4-8-18(9-5-16)20(23)12-22(24,25)26/h6-7,10-12,15-16,18,21H,2-5,8-9,13-14H2,1H3. The average molecular weight is 400 g/mol. The summed E-state index contributed by atoms with van der Waals surface area (Å²) < 4.78 is 62.4. The summed E-state index contributed by atoms with van der Waals surface area (Å²) in [4.78, 5) is 0. The minimum Gasteiger partial charge on any atom is -0.348 e. The molecule has 0 atom stereocenters. The van der Waals surface area contributed by atoms with Gasteiger partial charge in [0.25, 0.3) is 0 Å². The van der Waals surface area contributed by atoms with Crippen LogP contribution >= 0.6 is 0 Å². The maximum Gasteiger partial charge on any atom is 0.412 e. The number of benzene rings is 1. The van der Waals surface area contributed by atoms with Crippen LogP contribution in [0.2, 0.25) is 0 Å². The minimum atomic E-state index is -4.59. The van der Waals surface area contributed by atoms with Gasteiger partial charge in [0.1, 0.15) is 5.83 Å². The Morgan fingerprint density at radius 1 is 1.00 bits per heavy atom. The van der Waals surface area contributed by atoms with E-state index in [0.717, 1.165) is 24.0 Å². The van der Waals surface area contributed by atoms with E-state index in [1.807, 2.05) is 24.3 Å². The fraction of sp³-hybridized carbons (Fsp3) is 0.636. The van der Waals surface area contributed by atoms with Crippen molar-refractivity contribution in [3.05, 3.63) is 47.3 Å². The van der Waals surface area contributed by atoms with Gasteiger partial charge in [-0.1, -0.05) is 37.6 Å². The van der Waals surface area contributed by atoms with Crippen LogP contribution in [0.5, 0.6) is 0 Å². The van der Waals surface area contributed by atoms with Gasteiger partial charge in [-0.25, -0.2) is 4.39 Å². The van der Waals surface area contributed by atoms with Crippen molar-refractivity contribution in [1.82, 2.24) is 0 Å². The Bertz CT molecular complexity index is 637. The van der Waals surface area contributed by atoms with E-state index >= 15 is 0 Å². The lowest BCUT2D eigenvalue weighted by Gasteiger charge is -2.30. The van der Waals surface area contributed by atoms with Gasteiger partial charge >= 0.3 is 6.18 Å². The van der Waals surface area contributed by atoms with E-state index in [1.165, 1.54) is 0 Å². The molecule has 0 radical (unpaired) electrons. The maximum atomic E-state index is 13.8. The lowest BCUT2D eigenvalue weighted by molar-refractivity contribution is -0.206. The molecule has 1 saturated carbocycles. The van der Waals surface area contributed by atoms with Crippen LogP contribution < -0.4 is 0 Å². The number of halogens is 4. The molecule has 1 heterocycles. The van der Waals surface area contributed by atoms with Crippen LogP contribution in [0.4, 0.5) is 17.6 Å². The Morgan fingerprint density at radius 2 is 1.57 bits per heavy atom. The van der Waals surface area contributed by atoms with Crippen LogP contribution in [0.1, 0.15) is 68.8 Å². The summed E-state index contributed by atoms with van der Waals surface area (Å²) in [5, 5.41) is 0. The maximum absolute atomic E-state index is 13.8. The second-order valence-electron chi connectivity index (χ2n) is 7.94. The van der Waals surface area contributed by atoms with Gasteiger partial charge in [0.2, 0.25) is 0 Å². The SMILES string of the molecule is CCCC1COC(c2ccc(C3CCC(C(F)=CC(F)(F)F)CC3)cc2)OC1. The van der Waals surface area contributed by atoms with E-state index in [1.54, 1.807) is 0 Å². The first kappa shape index (κ1) is 21.3. The number of hydrogen-bond acceptors (Lipinski definition) is 2. The Balaban J connectivity index is 1.52. The summed E-state index contributed by atoms with van der Waals surface area (Å²) in [5.41, 5.74) is 2.12. The van der Waals surface area contributed by atoms with E-state index in [2.05, 4.69) is 6.92 Å². The van der Waals surface area contributed by atoms with Gasteiger partial charge < -0.3 is 9.47 Å². The second kappa shape index (κ2) is 9.40. The zero-order valence-corrected chi connectivity index (χ0v) is 16.2. The van der Waals surface area contributed by atoms with E-state index in [0.29, 0.717) is 44.8 Å². The van der Waals surface area contributed by atoms with Gasteiger partial charge in [-0.15, -0.1) is 0 Å². The van der Waals surface area contributed by atoms with Crippen LogP contribution in [0.3, 0.4) is 0 Å². The minimum absolute atomic E-state index is 0.192. The molecule has 0 N–H and O–H groups in total. The van der Waals surface area contributed by atoms with E-state index in [-0.39, 0.29) is 18.3 Å². The first-order valence-corrected chi connectivity index (χ1v) is 10.1. The summed E-state index contributed by atoms with van der Waals surface area (Å²) in [6.07, 6.45) is -0.617. The van der Waals surface area contributed by atoms with Gasteiger partial charge in [-0.2, -0.15) is 13.2 Å². The number of ether oxygens (including phenoxy) is 2. The normalized spacial score (nSPS) is 29.7. The number of rotatable bonds is 5. The van der Waals surface area contributed by atoms with Gasteiger partial charge in [0.05, 0.1) is 19.3 Å². The molecule has 1 saturated heterocycles. The van der Waals surface area contributed by atoms with Crippen molar-refractivity contribution < 1.29 is 27.0 Å². The van der Waals surface area contributed by atoms with Gasteiger partial charge in [0.15, 0.2) is 6.29 Å². The number of allylic oxidation sites excluding steroid dienone is 2. The molecule has 6 heteroatoms. The van der Waals surface area contributed by atoms with Crippen molar-refractivity contribution >= 4 is 0 Å². The Kier molecular flexibility index (Phi) is 7.15.